The largest absolute Gasteiger partial charge is 0.324 e. The van der Waals surface area contributed by atoms with Crippen molar-refractivity contribution in [3.05, 3.63) is 35.9 Å². The number of likely N-dealkylation sites (tertiary alicyclic amines) is 1. The summed E-state index contributed by atoms with van der Waals surface area (Å²) in [6, 6.07) is 10.6. The molecule has 1 aliphatic heterocycles. The van der Waals surface area contributed by atoms with E-state index in [0.29, 0.717) is 5.92 Å². The molecule has 3 heteroatoms. The van der Waals surface area contributed by atoms with Gasteiger partial charge in [-0.15, -0.1) is 0 Å². The van der Waals surface area contributed by atoms with Gasteiger partial charge >= 0.3 is 0 Å². The van der Waals surface area contributed by atoms with Gasteiger partial charge in [0.1, 0.15) is 0 Å². The molecule has 2 rings (SSSR count). The van der Waals surface area contributed by atoms with Gasteiger partial charge in [0.2, 0.25) is 0 Å². The first-order valence-corrected chi connectivity index (χ1v) is 8.24. The Hall–Kier alpha value is -0.900. The van der Waals surface area contributed by atoms with Crippen LogP contribution in [0.3, 0.4) is 0 Å². The molecule has 1 fully saturated rings. The van der Waals surface area contributed by atoms with Crippen LogP contribution in [0.5, 0.6) is 0 Å². The van der Waals surface area contributed by atoms with Crippen LogP contribution < -0.4 is 5.73 Å². The summed E-state index contributed by atoms with van der Waals surface area (Å²) in [6.07, 6.45) is 2.67. The van der Waals surface area contributed by atoms with Crippen molar-refractivity contribution in [2.45, 2.75) is 25.8 Å². The van der Waals surface area contributed by atoms with Crippen LogP contribution in [0, 0.1) is 11.8 Å². The summed E-state index contributed by atoms with van der Waals surface area (Å²) >= 11 is 0. The van der Waals surface area contributed by atoms with Crippen LogP contribution in [-0.2, 0) is 0 Å². The molecule has 0 aromatic heterocycles. The highest BCUT2D eigenvalue weighted by Crippen LogP contribution is 2.21. The van der Waals surface area contributed by atoms with Crippen molar-refractivity contribution >= 4 is 0 Å². The Kier molecular flexibility index (Phi) is 6.22. The van der Waals surface area contributed by atoms with E-state index in [1.54, 1.807) is 0 Å². The van der Waals surface area contributed by atoms with E-state index >= 15 is 0 Å². The van der Waals surface area contributed by atoms with Crippen LogP contribution in [0.15, 0.2) is 30.3 Å². The van der Waals surface area contributed by atoms with Crippen molar-refractivity contribution in [2.75, 3.05) is 40.3 Å². The minimum absolute atomic E-state index is 0.131. The third kappa shape index (κ3) is 5.10. The number of benzene rings is 1. The standard InChI is InChI=1S/C18H31N3/c1-15(18(19)17-7-5-4-6-8-17)13-21(3)14-16-9-11-20(2)12-10-16/h4-8,15-16,18H,9-14,19H2,1-3H3. The lowest BCUT2D eigenvalue weighted by molar-refractivity contribution is 0.163. The van der Waals surface area contributed by atoms with Crippen molar-refractivity contribution in [1.29, 1.82) is 0 Å². The second-order valence-electron chi connectivity index (χ2n) is 6.88. The molecule has 0 saturated carbocycles. The van der Waals surface area contributed by atoms with Gasteiger partial charge in [-0.3, -0.25) is 0 Å². The number of hydrogen-bond acceptors (Lipinski definition) is 3. The Morgan fingerprint density at radius 1 is 1.24 bits per heavy atom. The smallest absolute Gasteiger partial charge is 0.0333 e. The van der Waals surface area contributed by atoms with E-state index in [9.17, 15) is 0 Å². The normalized spacial score (nSPS) is 20.6. The fourth-order valence-electron chi connectivity index (χ4n) is 3.37. The Bertz CT molecular complexity index is 398. The summed E-state index contributed by atoms with van der Waals surface area (Å²) in [6.45, 7) is 7.04. The Morgan fingerprint density at radius 2 is 1.86 bits per heavy atom. The van der Waals surface area contributed by atoms with Crippen molar-refractivity contribution in [1.82, 2.24) is 9.80 Å². The molecule has 0 amide bonds. The van der Waals surface area contributed by atoms with E-state index in [0.717, 1.165) is 12.5 Å². The molecule has 1 aromatic carbocycles. The predicted octanol–water partition coefficient (Wildman–Crippen LogP) is 2.60. The number of hydrogen-bond donors (Lipinski definition) is 1. The van der Waals surface area contributed by atoms with Gasteiger partial charge in [-0.1, -0.05) is 37.3 Å². The summed E-state index contributed by atoms with van der Waals surface area (Å²) in [5.74, 6) is 1.33. The van der Waals surface area contributed by atoms with Crippen LogP contribution in [0.2, 0.25) is 0 Å². The molecule has 0 bridgehead atoms. The highest BCUT2D eigenvalue weighted by Gasteiger charge is 2.21. The molecule has 0 aliphatic carbocycles. The summed E-state index contributed by atoms with van der Waals surface area (Å²) in [5.41, 5.74) is 7.65. The van der Waals surface area contributed by atoms with Gasteiger partial charge < -0.3 is 15.5 Å². The molecule has 1 aromatic rings. The Morgan fingerprint density at radius 3 is 2.48 bits per heavy atom. The number of nitrogens with two attached hydrogens (primary N) is 1. The van der Waals surface area contributed by atoms with E-state index < -0.39 is 0 Å². The molecule has 3 nitrogen and oxygen atoms in total. The first-order chi connectivity index (χ1) is 10.1. The number of rotatable bonds is 6. The molecule has 1 saturated heterocycles. The number of piperidine rings is 1. The molecule has 0 radical (unpaired) electrons. The molecule has 1 aliphatic rings. The minimum atomic E-state index is 0.131. The molecule has 2 atom stereocenters. The maximum Gasteiger partial charge on any atom is 0.0333 e. The third-order valence-corrected chi connectivity index (χ3v) is 4.81. The lowest BCUT2D eigenvalue weighted by Crippen LogP contribution is -2.38. The Balaban J connectivity index is 1.78. The molecular weight excluding hydrogens is 258 g/mol. The SMILES string of the molecule is CC(CN(C)CC1CCN(C)CC1)C(N)c1ccccc1. The van der Waals surface area contributed by atoms with Crippen molar-refractivity contribution < 1.29 is 0 Å². The van der Waals surface area contributed by atoms with E-state index in [4.69, 9.17) is 5.73 Å². The highest BCUT2D eigenvalue weighted by molar-refractivity contribution is 5.19. The zero-order chi connectivity index (χ0) is 15.2. The lowest BCUT2D eigenvalue weighted by Gasteiger charge is -2.33. The first-order valence-electron chi connectivity index (χ1n) is 8.24. The van der Waals surface area contributed by atoms with Crippen LogP contribution in [0.4, 0.5) is 0 Å². The fourth-order valence-corrected chi connectivity index (χ4v) is 3.37. The summed E-state index contributed by atoms with van der Waals surface area (Å²) in [5, 5.41) is 0. The predicted molar refractivity (Wildman–Crippen MR) is 90.3 cm³/mol. The van der Waals surface area contributed by atoms with Gasteiger partial charge in [0.25, 0.3) is 0 Å². The van der Waals surface area contributed by atoms with E-state index in [1.165, 1.54) is 38.0 Å². The maximum atomic E-state index is 6.40. The lowest BCUT2D eigenvalue weighted by atomic mass is 9.93. The second kappa shape index (κ2) is 7.92. The van der Waals surface area contributed by atoms with Gasteiger partial charge in [-0.2, -0.15) is 0 Å². The molecule has 118 valence electrons. The average Bonchev–Trinajstić information content (AvgIpc) is 2.49. The molecule has 1 heterocycles. The van der Waals surface area contributed by atoms with Crippen LogP contribution in [0.1, 0.15) is 31.4 Å². The topological polar surface area (TPSA) is 32.5 Å². The molecule has 2 N–H and O–H groups in total. The second-order valence-corrected chi connectivity index (χ2v) is 6.88. The van der Waals surface area contributed by atoms with Gasteiger partial charge in [0.05, 0.1) is 0 Å². The van der Waals surface area contributed by atoms with Crippen molar-refractivity contribution in [2.24, 2.45) is 17.6 Å². The molecular formula is C18H31N3. The molecule has 21 heavy (non-hydrogen) atoms. The zero-order valence-electron chi connectivity index (χ0n) is 13.8. The van der Waals surface area contributed by atoms with Gasteiger partial charge in [-0.05, 0) is 57.4 Å². The maximum absolute atomic E-state index is 6.40. The van der Waals surface area contributed by atoms with E-state index in [2.05, 4.69) is 55.1 Å². The fraction of sp³-hybridized carbons (Fsp3) is 0.667. The van der Waals surface area contributed by atoms with E-state index in [-0.39, 0.29) is 6.04 Å². The summed E-state index contributed by atoms with van der Waals surface area (Å²) in [4.78, 5) is 4.91. The minimum Gasteiger partial charge on any atom is -0.324 e. The van der Waals surface area contributed by atoms with E-state index in [1.807, 2.05) is 6.07 Å². The molecule has 0 spiro atoms. The van der Waals surface area contributed by atoms with Crippen molar-refractivity contribution in [3.63, 3.8) is 0 Å². The summed E-state index contributed by atoms with van der Waals surface area (Å²) < 4.78 is 0. The third-order valence-electron chi connectivity index (χ3n) is 4.81. The van der Waals surface area contributed by atoms with Crippen LogP contribution >= 0.6 is 0 Å². The average molecular weight is 289 g/mol. The zero-order valence-corrected chi connectivity index (χ0v) is 13.8. The molecule has 2 unspecified atom stereocenters. The van der Waals surface area contributed by atoms with Gasteiger partial charge in [-0.25, -0.2) is 0 Å². The van der Waals surface area contributed by atoms with Crippen LogP contribution in [0.25, 0.3) is 0 Å². The highest BCUT2D eigenvalue weighted by atomic mass is 15.1. The first kappa shape index (κ1) is 16.5. The Labute approximate surface area is 130 Å². The van der Waals surface area contributed by atoms with Crippen molar-refractivity contribution in [3.8, 4) is 0 Å². The van der Waals surface area contributed by atoms with Crippen LogP contribution in [-0.4, -0.2) is 50.1 Å². The summed E-state index contributed by atoms with van der Waals surface area (Å²) in [7, 11) is 4.47. The monoisotopic (exact) mass is 289 g/mol. The van der Waals surface area contributed by atoms with Gasteiger partial charge in [0.15, 0.2) is 0 Å². The quantitative estimate of drug-likeness (QED) is 0.874. The van der Waals surface area contributed by atoms with Gasteiger partial charge in [0, 0.05) is 19.1 Å². The number of nitrogens with zero attached hydrogens (tertiary/aromatic N) is 2.